The van der Waals surface area contributed by atoms with Gasteiger partial charge in [-0.3, -0.25) is 4.99 Å². The van der Waals surface area contributed by atoms with Gasteiger partial charge in [-0.05, 0) is 62.5 Å². The summed E-state index contributed by atoms with van der Waals surface area (Å²) >= 11 is 6.03. The van der Waals surface area contributed by atoms with Crippen molar-refractivity contribution in [2.45, 2.75) is 20.8 Å². The Kier molecular flexibility index (Phi) is 7.12. The summed E-state index contributed by atoms with van der Waals surface area (Å²) in [6.45, 7) is 10.7. The Morgan fingerprint density at radius 3 is 2.43 bits per heavy atom. The van der Waals surface area contributed by atoms with Crippen molar-refractivity contribution in [3.05, 3.63) is 58.9 Å². The molecule has 0 spiro atoms. The van der Waals surface area contributed by atoms with Gasteiger partial charge in [-0.1, -0.05) is 25.4 Å². The number of benzene rings is 2. The highest BCUT2D eigenvalue weighted by atomic mass is 35.5. The Hall–Kier alpha value is -2.30. The molecular formula is C23H27ClN2O2. The van der Waals surface area contributed by atoms with Crippen LogP contribution in [0.1, 0.15) is 20.8 Å². The van der Waals surface area contributed by atoms with Crippen LogP contribution >= 0.6 is 11.6 Å². The molecule has 3 rings (SSSR count). The zero-order valence-corrected chi connectivity index (χ0v) is 17.5. The maximum absolute atomic E-state index is 6.16. The molecule has 0 saturated carbocycles. The van der Waals surface area contributed by atoms with Crippen LogP contribution in [0.2, 0.25) is 5.02 Å². The fourth-order valence-electron chi connectivity index (χ4n) is 3.14. The first-order valence-corrected chi connectivity index (χ1v) is 10.2. The third-order valence-electron chi connectivity index (χ3n) is 4.75. The van der Waals surface area contributed by atoms with Crippen LogP contribution < -0.4 is 10.1 Å². The highest BCUT2D eigenvalue weighted by molar-refractivity contribution is 6.30. The van der Waals surface area contributed by atoms with Gasteiger partial charge in [0.05, 0.1) is 18.5 Å². The second-order valence-corrected chi connectivity index (χ2v) is 6.94. The van der Waals surface area contributed by atoms with Crippen LogP contribution in [-0.2, 0) is 0 Å². The fourth-order valence-corrected chi connectivity index (χ4v) is 3.27. The average Bonchev–Trinajstić information content (AvgIpc) is 2.72. The summed E-state index contributed by atoms with van der Waals surface area (Å²) in [7, 11) is 0. The van der Waals surface area contributed by atoms with Crippen molar-refractivity contribution < 1.29 is 9.15 Å². The molecule has 5 heteroatoms. The van der Waals surface area contributed by atoms with Crippen LogP contribution in [0.25, 0.3) is 22.3 Å². The van der Waals surface area contributed by atoms with E-state index in [1.165, 1.54) is 0 Å². The number of rotatable bonds is 8. The number of halogens is 1. The molecule has 28 heavy (non-hydrogen) atoms. The van der Waals surface area contributed by atoms with E-state index in [1.807, 2.05) is 55.5 Å². The molecule has 0 saturated heterocycles. The van der Waals surface area contributed by atoms with Crippen LogP contribution in [0.4, 0.5) is 0 Å². The first kappa shape index (κ1) is 20.4. The van der Waals surface area contributed by atoms with E-state index in [-0.39, 0.29) is 0 Å². The normalized spacial score (nSPS) is 12.1. The Bertz CT molecular complexity index is 976. The van der Waals surface area contributed by atoms with Gasteiger partial charge < -0.3 is 14.1 Å². The number of likely N-dealkylation sites (N-methyl/N-ethyl adjacent to an activating group) is 1. The minimum atomic E-state index is 0.625. The van der Waals surface area contributed by atoms with Crippen LogP contribution in [0.5, 0.6) is 5.75 Å². The predicted molar refractivity (Wildman–Crippen MR) is 116 cm³/mol. The van der Waals surface area contributed by atoms with E-state index in [0.717, 1.165) is 59.6 Å². The highest BCUT2D eigenvalue weighted by Crippen LogP contribution is 2.25. The number of hydrogen-bond donors (Lipinski definition) is 0. The quantitative estimate of drug-likeness (QED) is 0.510. The standard InChI is InChI=1S/C23H27ClN2O2/c1-4-26(5-2)14-13-25-21-16-23(17-7-9-18(24)10-8-17)28-22-12-11-19(27-6-3)15-20(21)22/h7-12,15-16H,4-6,13-14H2,1-3H3. The summed E-state index contributed by atoms with van der Waals surface area (Å²) in [6, 6.07) is 15.5. The topological polar surface area (TPSA) is 38.0 Å². The summed E-state index contributed by atoms with van der Waals surface area (Å²) in [6.07, 6.45) is 0. The maximum atomic E-state index is 6.16. The molecular weight excluding hydrogens is 372 g/mol. The van der Waals surface area contributed by atoms with E-state index in [2.05, 4.69) is 18.7 Å². The first-order valence-electron chi connectivity index (χ1n) is 9.84. The summed E-state index contributed by atoms with van der Waals surface area (Å²) < 4.78 is 11.8. The smallest absolute Gasteiger partial charge is 0.137 e. The highest BCUT2D eigenvalue weighted by Gasteiger charge is 2.08. The minimum Gasteiger partial charge on any atom is -0.494 e. The summed E-state index contributed by atoms with van der Waals surface area (Å²) in [5, 5.41) is 2.58. The average molecular weight is 399 g/mol. The molecule has 0 unspecified atom stereocenters. The van der Waals surface area contributed by atoms with Crippen LogP contribution in [-0.4, -0.2) is 37.7 Å². The molecule has 0 amide bonds. The van der Waals surface area contributed by atoms with Gasteiger partial charge in [0.2, 0.25) is 0 Å². The molecule has 3 aromatic rings. The zero-order chi connectivity index (χ0) is 19.9. The monoisotopic (exact) mass is 398 g/mol. The van der Waals surface area contributed by atoms with E-state index in [9.17, 15) is 0 Å². The van der Waals surface area contributed by atoms with Gasteiger partial charge in [-0.15, -0.1) is 0 Å². The molecule has 0 aliphatic rings. The summed E-state index contributed by atoms with van der Waals surface area (Å²) in [5.74, 6) is 1.60. The van der Waals surface area contributed by atoms with Gasteiger partial charge in [0.1, 0.15) is 17.1 Å². The van der Waals surface area contributed by atoms with Gasteiger partial charge in [0.25, 0.3) is 0 Å². The number of ether oxygens (including phenoxy) is 1. The molecule has 4 nitrogen and oxygen atoms in total. The molecule has 0 fully saturated rings. The fraction of sp³-hybridized carbons (Fsp3) is 0.348. The van der Waals surface area contributed by atoms with Gasteiger partial charge in [-0.25, -0.2) is 0 Å². The molecule has 1 aromatic heterocycles. The molecule has 0 atom stereocenters. The van der Waals surface area contributed by atoms with Crippen LogP contribution in [0, 0.1) is 0 Å². The lowest BCUT2D eigenvalue weighted by atomic mass is 10.1. The third-order valence-corrected chi connectivity index (χ3v) is 5.00. The van der Waals surface area contributed by atoms with Gasteiger partial charge in [-0.2, -0.15) is 0 Å². The Balaban J connectivity index is 2.07. The van der Waals surface area contributed by atoms with Gasteiger partial charge in [0, 0.05) is 28.6 Å². The molecule has 0 radical (unpaired) electrons. The van der Waals surface area contributed by atoms with Crippen molar-refractivity contribution in [2.75, 3.05) is 32.8 Å². The van der Waals surface area contributed by atoms with Gasteiger partial charge >= 0.3 is 0 Å². The van der Waals surface area contributed by atoms with E-state index < -0.39 is 0 Å². The molecule has 1 heterocycles. The second-order valence-electron chi connectivity index (χ2n) is 6.50. The maximum Gasteiger partial charge on any atom is 0.137 e. The van der Waals surface area contributed by atoms with Crippen molar-refractivity contribution in [2.24, 2.45) is 4.99 Å². The lowest BCUT2D eigenvalue weighted by molar-refractivity contribution is 0.312. The molecule has 0 aliphatic heterocycles. The van der Waals surface area contributed by atoms with E-state index in [4.69, 9.17) is 25.7 Å². The Morgan fingerprint density at radius 1 is 1.00 bits per heavy atom. The Labute approximate surface area is 171 Å². The summed E-state index contributed by atoms with van der Waals surface area (Å²) in [4.78, 5) is 7.26. The van der Waals surface area contributed by atoms with Crippen molar-refractivity contribution in [3.63, 3.8) is 0 Å². The molecule has 0 N–H and O–H groups in total. The van der Waals surface area contributed by atoms with E-state index >= 15 is 0 Å². The largest absolute Gasteiger partial charge is 0.494 e. The lowest BCUT2D eigenvalue weighted by Gasteiger charge is -2.16. The van der Waals surface area contributed by atoms with E-state index in [1.54, 1.807) is 0 Å². The molecule has 0 aliphatic carbocycles. The van der Waals surface area contributed by atoms with Gasteiger partial charge in [0.15, 0.2) is 0 Å². The summed E-state index contributed by atoms with van der Waals surface area (Å²) in [5.41, 5.74) is 1.76. The Morgan fingerprint density at radius 2 is 1.75 bits per heavy atom. The first-order chi connectivity index (χ1) is 13.6. The van der Waals surface area contributed by atoms with E-state index in [0.29, 0.717) is 11.6 Å². The lowest BCUT2D eigenvalue weighted by Crippen LogP contribution is -2.26. The molecule has 2 aromatic carbocycles. The van der Waals surface area contributed by atoms with Crippen LogP contribution in [0.3, 0.4) is 0 Å². The van der Waals surface area contributed by atoms with Crippen molar-refractivity contribution in [3.8, 4) is 17.1 Å². The number of nitrogens with zero attached hydrogens (tertiary/aromatic N) is 2. The van der Waals surface area contributed by atoms with Crippen molar-refractivity contribution >= 4 is 22.6 Å². The SMILES string of the molecule is CCOc1ccc2oc(-c3ccc(Cl)cc3)cc(=NCCN(CC)CC)c2c1. The van der Waals surface area contributed by atoms with Crippen molar-refractivity contribution in [1.29, 1.82) is 0 Å². The minimum absolute atomic E-state index is 0.625. The molecule has 0 bridgehead atoms. The number of hydrogen-bond acceptors (Lipinski definition) is 4. The number of fused-ring (bicyclic) bond motifs is 1. The third kappa shape index (κ3) is 4.94. The van der Waals surface area contributed by atoms with Crippen LogP contribution in [0.15, 0.2) is 57.9 Å². The predicted octanol–water partition coefficient (Wildman–Crippen LogP) is 5.39. The van der Waals surface area contributed by atoms with Crippen molar-refractivity contribution in [1.82, 2.24) is 4.90 Å². The zero-order valence-electron chi connectivity index (χ0n) is 16.7. The second kappa shape index (κ2) is 9.76. The molecule has 148 valence electrons.